The van der Waals surface area contributed by atoms with E-state index < -0.39 is 7.12 Å². The molecule has 0 aliphatic carbocycles. The molecular formula is C15H13BO3. The van der Waals surface area contributed by atoms with Crippen molar-refractivity contribution < 1.29 is 14.5 Å². The Morgan fingerprint density at radius 3 is 2.58 bits per heavy atom. The minimum Gasteiger partial charge on any atom is -0.423 e. The summed E-state index contributed by atoms with van der Waals surface area (Å²) in [7, 11) is -0.926. The number of rotatable bonds is 3. The highest BCUT2D eigenvalue weighted by atomic mass is 16.5. The normalized spacial score (nSPS) is 17.3. The molecular weight excluding hydrogens is 239 g/mol. The average molecular weight is 252 g/mol. The number of hydrogen-bond acceptors (Lipinski definition) is 3. The van der Waals surface area contributed by atoms with Crippen molar-refractivity contribution in [3.63, 3.8) is 0 Å². The Morgan fingerprint density at radius 1 is 1.11 bits per heavy atom. The first-order chi connectivity index (χ1) is 9.25. The monoisotopic (exact) mass is 252 g/mol. The molecule has 0 saturated heterocycles. The second kappa shape index (κ2) is 5.00. The summed E-state index contributed by atoms with van der Waals surface area (Å²) in [6.07, 6.45) is -0.114. The van der Waals surface area contributed by atoms with Gasteiger partial charge in [0.1, 0.15) is 0 Å². The van der Waals surface area contributed by atoms with E-state index in [4.69, 9.17) is 4.65 Å². The lowest BCUT2D eigenvalue weighted by atomic mass is 9.79. The maximum Gasteiger partial charge on any atom is 0.491 e. The highest BCUT2D eigenvalue weighted by Crippen LogP contribution is 2.27. The number of benzene rings is 2. The van der Waals surface area contributed by atoms with Gasteiger partial charge in [-0.25, -0.2) is 0 Å². The molecule has 1 aliphatic rings. The zero-order chi connectivity index (χ0) is 13.2. The number of ketones is 1. The number of fused-ring (bicyclic) bond motifs is 1. The van der Waals surface area contributed by atoms with Gasteiger partial charge in [-0.15, -0.1) is 0 Å². The highest BCUT2D eigenvalue weighted by Gasteiger charge is 2.35. The molecule has 4 heteroatoms. The molecule has 1 heterocycles. The van der Waals surface area contributed by atoms with Crippen LogP contribution in [0.4, 0.5) is 0 Å². The third-order valence-corrected chi connectivity index (χ3v) is 3.37. The Morgan fingerprint density at radius 2 is 1.79 bits per heavy atom. The average Bonchev–Trinajstić information content (AvgIpc) is 2.77. The van der Waals surface area contributed by atoms with Gasteiger partial charge in [-0.2, -0.15) is 0 Å². The molecule has 0 radical (unpaired) electrons. The quantitative estimate of drug-likeness (QED) is 0.668. The first-order valence-electron chi connectivity index (χ1n) is 6.26. The fourth-order valence-corrected chi connectivity index (χ4v) is 2.40. The van der Waals surface area contributed by atoms with Crippen molar-refractivity contribution in [2.24, 2.45) is 0 Å². The van der Waals surface area contributed by atoms with E-state index in [2.05, 4.69) is 0 Å². The largest absolute Gasteiger partial charge is 0.491 e. The van der Waals surface area contributed by atoms with Gasteiger partial charge in [0.2, 0.25) is 0 Å². The number of carbonyl (C=O) groups is 1. The molecule has 0 saturated carbocycles. The molecule has 0 bridgehead atoms. The lowest BCUT2D eigenvalue weighted by Crippen LogP contribution is -2.27. The highest BCUT2D eigenvalue weighted by molar-refractivity contribution is 6.61. The van der Waals surface area contributed by atoms with E-state index in [1.165, 1.54) is 0 Å². The fourth-order valence-electron chi connectivity index (χ4n) is 2.40. The van der Waals surface area contributed by atoms with Gasteiger partial charge < -0.3 is 9.68 Å². The van der Waals surface area contributed by atoms with Gasteiger partial charge in [-0.1, -0.05) is 54.6 Å². The molecule has 2 aromatic rings. The van der Waals surface area contributed by atoms with Crippen LogP contribution < -0.4 is 5.46 Å². The van der Waals surface area contributed by atoms with Crippen LogP contribution in [0.2, 0.25) is 0 Å². The summed E-state index contributed by atoms with van der Waals surface area (Å²) in [6.45, 7) is 0. The molecule has 0 aromatic heterocycles. The summed E-state index contributed by atoms with van der Waals surface area (Å²) < 4.78 is 5.46. The van der Waals surface area contributed by atoms with Gasteiger partial charge >= 0.3 is 7.12 Å². The van der Waals surface area contributed by atoms with Crippen molar-refractivity contribution >= 4 is 18.4 Å². The molecule has 2 aromatic carbocycles. The van der Waals surface area contributed by atoms with Crippen LogP contribution in [0.25, 0.3) is 0 Å². The Labute approximate surface area is 112 Å². The van der Waals surface area contributed by atoms with Crippen LogP contribution in [-0.4, -0.2) is 17.9 Å². The Hall–Kier alpha value is -1.91. The zero-order valence-electron chi connectivity index (χ0n) is 10.3. The molecule has 1 aliphatic heterocycles. The van der Waals surface area contributed by atoms with E-state index in [0.717, 1.165) is 11.0 Å². The van der Waals surface area contributed by atoms with Crippen LogP contribution in [0.15, 0.2) is 54.6 Å². The summed E-state index contributed by atoms with van der Waals surface area (Å²) in [6, 6.07) is 16.6. The van der Waals surface area contributed by atoms with E-state index in [1.807, 2.05) is 42.5 Å². The SMILES string of the molecule is O=C(CC1OB(O)c2ccccc21)c1ccccc1. The predicted molar refractivity (Wildman–Crippen MR) is 73.3 cm³/mol. The minimum absolute atomic E-state index is 0.0227. The van der Waals surface area contributed by atoms with E-state index in [9.17, 15) is 9.82 Å². The summed E-state index contributed by atoms with van der Waals surface area (Å²) in [5, 5.41) is 9.80. The van der Waals surface area contributed by atoms with Gasteiger partial charge in [0.25, 0.3) is 0 Å². The van der Waals surface area contributed by atoms with Gasteiger partial charge in [-0.3, -0.25) is 4.79 Å². The van der Waals surface area contributed by atoms with Crippen LogP contribution >= 0.6 is 0 Å². The Kier molecular flexibility index (Phi) is 3.19. The molecule has 1 unspecified atom stereocenters. The standard InChI is InChI=1S/C15H13BO3/c17-14(11-6-2-1-3-7-11)10-15-12-8-4-5-9-13(12)16(18)19-15/h1-9,15,18H,10H2. The lowest BCUT2D eigenvalue weighted by Gasteiger charge is -2.11. The van der Waals surface area contributed by atoms with Gasteiger partial charge in [0.15, 0.2) is 5.78 Å². The maximum absolute atomic E-state index is 12.2. The minimum atomic E-state index is -0.926. The summed E-state index contributed by atoms with van der Waals surface area (Å²) in [5.74, 6) is 0.0227. The van der Waals surface area contributed by atoms with Crippen LogP contribution in [0, 0.1) is 0 Å². The molecule has 1 atom stereocenters. The van der Waals surface area contributed by atoms with E-state index in [0.29, 0.717) is 5.56 Å². The van der Waals surface area contributed by atoms with E-state index in [1.54, 1.807) is 12.1 Å². The van der Waals surface area contributed by atoms with E-state index >= 15 is 0 Å². The predicted octanol–water partition coefficient (Wildman–Crippen LogP) is 1.72. The number of hydrogen-bond donors (Lipinski definition) is 1. The van der Waals surface area contributed by atoms with Crippen molar-refractivity contribution in [3.05, 3.63) is 65.7 Å². The summed E-state index contributed by atoms with van der Waals surface area (Å²) in [5.41, 5.74) is 2.33. The molecule has 19 heavy (non-hydrogen) atoms. The first-order valence-corrected chi connectivity index (χ1v) is 6.26. The fraction of sp³-hybridized carbons (Fsp3) is 0.133. The van der Waals surface area contributed by atoms with Gasteiger partial charge in [0.05, 0.1) is 6.10 Å². The first kappa shape index (κ1) is 12.1. The van der Waals surface area contributed by atoms with Crippen LogP contribution in [-0.2, 0) is 4.65 Å². The van der Waals surface area contributed by atoms with Gasteiger partial charge in [-0.05, 0) is 11.0 Å². The molecule has 3 nitrogen and oxygen atoms in total. The van der Waals surface area contributed by atoms with Crippen molar-refractivity contribution in [1.82, 2.24) is 0 Å². The maximum atomic E-state index is 12.2. The van der Waals surface area contributed by atoms with Crippen molar-refractivity contribution in [3.8, 4) is 0 Å². The molecule has 94 valence electrons. The second-order valence-electron chi connectivity index (χ2n) is 4.60. The molecule has 3 rings (SSSR count). The third kappa shape index (κ3) is 2.32. The van der Waals surface area contributed by atoms with Crippen molar-refractivity contribution in [2.45, 2.75) is 12.5 Å². The van der Waals surface area contributed by atoms with E-state index in [-0.39, 0.29) is 18.3 Å². The van der Waals surface area contributed by atoms with Crippen LogP contribution in [0.1, 0.15) is 28.4 Å². The van der Waals surface area contributed by atoms with Crippen LogP contribution in [0.3, 0.4) is 0 Å². The van der Waals surface area contributed by atoms with Crippen molar-refractivity contribution in [1.29, 1.82) is 0 Å². The zero-order valence-corrected chi connectivity index (χ0v) is 10.3. The number of carbonyl (C=O) groups excluding carboxylic acids is 1. The number of Topliss-reactive ketones (excluding diaryl/α,β-unsaturated/α-hetero) is 1. The van der Waals surface area contributed by atoms with Gasteiger partial charge in [0, 0.05) is 12.0 Å². The Balaban J connectivity index is 1.81. The smallest absolute Gasteiger partial charge is 0.423 e. The van der Waals surface area contributed by atoms with Crippen molar-refractivity contribution in [2.75, 3.05) is 0 Å². The van der Waals surface area contributed by atoms with Crippen LogP contribution in [0.5, 0.6) is 0 Å². The second-order valence-corrected chi connectivity index (χ2v) is 4.60. The molecule has 0 spiro atoms. The molecule has 0 fully saturated rings. The topological polar surface area (TPSA) is 46.5 Å². The summed E-state index contributed by atoms with van der Waals surface area (Å²) in [4.78, 5) is 12.2. The molecule has 0 amide bonds. The lowest BCUT2D eigenvalue weighted by molar-refractivity contribution is 0.0902. The Bertz CT molecular complexity index is 597. The third-order valence-electron chi connectivity index (χ3n) is 3.37. The molecule has 1 N–H and O–H groups in total. The summed E-state index contributed by atoms with van der Waals surface area (Å²) >= 11 is 0.